The van der Waals surface area contributed by atoms with E-state index in [0.717, 1.165) is 16.7 Å². The smallest absolute Gasteiger partial charge is 0.304 e. The summed E-state index contributed by atoms with van der Waals surface area (Å²) in [5, 5.41) is 13.6. The summed E-state index contributed by atoms with van der Waals surface area (Å²) >= 11 is 1.33. The molecule has 1 heterocycles. The lowest BCUT2D eigenvalue weighted by Gasteiger charge is -2.25. The van der Waals surface area contributed by atoms with Gasteiger partial charge in [-0.05, 0) is 24.0 Å². The lowest BCUT2D eigenvalue weighted by atomic mass is 9.80. The number of carbonyl (C=O) groups is 2. The molecule has 0 spiro atoms. The number of benzene rings is 2. The van der Waals surface area contributed by atoms with Crippen LogP contribution < -0.4 is 11.1 Å². The summed E-state index contributed by atoms with van der Waals surface area (Å²) in [4.78, 5) is 29.1. The molecule has 1 aliphatic rings. The van der Waals surface area contributed by atoms with Crippen molar-refractivity contribution in [2.45, 2.75) is 25.8 Å². The van der Waals surface area contributed by atoms with E-state index in [-0.39, 0.29) is 18.9 Å². The third-order valence-electron chi connectivity index (χ3n) is 5.29. The van der Waals surface area contributed by atoms with Gasteiger partial charge in [0.25, 0.3) is 0 Å². The average molecular weight is 407 g/mol. The molecule has 0 saturated heterocycles. The van der Waals surface area contributed by atoms with Crippen molar-refractivity contribution in [3.8, 4) is 11.3 Å². The first-order valence-electron chi connectivity index (χ1n) is 9.34. The van der Waals surface area contributed by atoms with E-state index in [0.29, 0.717) is 28.5 Å². The molecular formula is C22H21N3O3S. The Kier molecular flexibility index (Phi) is 5.07. The molecular weight excluding hydrogens is 386 g/mol. The van der Waals surface area contributed by atoms with Crippen molar-refractivity contribution in [2.24, 2.45) is 5.41 Å². The number of amides is 1. The molecule has 3 aromatic rings. The lowest BCUT2D eigenvalue weighted by molar-refractivity contribution is -0.145. The van der Waals surface area contributed by atoms with E-state index < -0.39 is 11.4 Å². The Hall–Kier alpha value is -3.19. The third kappa shape index (κ3) is 3.86. The van der Waals surface area contributed by atoms with Crippen molar-refractivity contribution >= 4 is 28.2 Å². The highest BCUT2D eigenvalue weighted by Gasteiger charge is 2.45. The number of nitrogen functional groups attached to an aromatic ring is 1. The number of thiazole rings is 1. The molecule has 4 rings (SSSR count). The highest BCUT2D eigenvalue weighted by Crippen LogP contribution is 2.40. The number of carbonyl (C=O) groups excluding carboxylic acids is 1. The molecule has 0 radical (unpaired) electrons. The zero-order valence-corrected chi connectivity index (χ0v) is 16.5. The molecule has 0 atom stereocenters. The van der Waals surface area contributed by atoms with Crippen LogP contribution in [0.25, 0.3) is 11.3 Å². The van der Waals surface area contributed by atoms with Crippen LogP contribution >= 0.6 is 11.3 Å². The number of carboxylic acid groups (broad SMARTS) is 1. The zero-order valence-electron chi connectivity index (χ0n) is 15.7. The minimum Gasteiger partial charge on any atom is -0.481 e. The molecule has 0 bridgehead atoms. The number of nitrogens with two attached hydrogens (primary N) is 1. The van der Waals surface area contributed by atoms with Gasteiger partial charge in [-0.1, -0.05) is 65.9 Å². The first kappa shape index (κ1) is 19.1. The maximum Gasteiger partial charge on any atom is 0.304 e. The molecule has 29 heavy (non-hydrogen) atoms. The summed E-state index contributed by atoms with van der Waals surface area (Å²) in [6.07, 6.45) is 0.649. The molecule has 0 unspecified atom stereocenters. The minimum absolute atomic E-state index is 0.206. The van der Waals surface area contributed by atoms with Crippen LogP contribution in [-0.2, 0) is 29.0 Å². The summed E-state index contributed by atoms with van der Waals surface area (Å²) in [5.74, 6) is -1.23. The van der Waals surface area contributed by atoms with E-state index in [1.807, 2.05) is 54.6 Å². The van der Waals surface area contributed by atoms with Crippen molar-refractivity contribution in [2.75, 3.05) is 5.73 Å². The van der Waals surface area contributed by atoms with Crippen LogP contribution in [0.3, 0.4) is 0 Å². The summed E-state index contributed by atoms with van der Waals surface area (Å²) in [6, 6.07) is 17.4. The Labute approximate surface area is 172 Å². The van der Waals surface area contributed by atoms with E-state index in [4.69, 9.17) is 5.73 Å². The first-order valence-corrected chi connectivity index (χ1v) is 10.2. The number of aliphatic carboxylic acids is 1. The number of carboxylic acids is 1. The molecule has 0 saturated carbocycles. The van der Waals surface area contributed by atoms with Crippen LogP contribution in [0.15, 0.2) is 54.6 Å². The summed E-state index contributed by atoms with van der Waals surface area (Å²) in [5.41, 5.74) is 8.84. The highest BCUT2D eigenvalue weighted by atomic mass is 32.1. The number of anilines is 1. The minimum atomic E-state index is -0.974. The van der Waals surface area contributed by atoms with E-state index in [2.05, 4.69) is 10.3 Å². The Morgan fingerprint density at radius 2 is 1.69 bits per heavy atom. The number of nitrogens with zero attached hydrogens (tertiary/aromatic N) is 1. The summed E-state index contributed by atoms with van der Waals surface area (Å²) in [6.45, 7) is 0.220. The second kappa shape index (κ2) is 7.67. The molecule has 1 aromatic heterocycles. The maximum absolute atomic E-state index is 13.1. The van der Waals surface area contributed by atoms with Crippen LogP contribution in [0, 0.1) is 5.41 Å². The average Bonchev–Trinajstić information content (AvgIpc) is 3.26. The highest BCUT2D eigenvalue weighted by molar-refractivity contribution is 7.16. The second-order valence-corrected chi connectivity index (χ2v) is 8.46. The summed E-state index contributed by atoms with van der Waals surface area (Å²) < 4.78 is 0. The Bertz CT molecular complexity index is 1040. The fourth-order valence-corrected chi connectivity index (χ4v) is 4.74. The molecule has 2 aromatic carbocycles. The van der Waals surface area contributed by atoms with Crippen LogP contribution in [0.2, 0.25) is 0 Å². The topological polar surface area (TPSA) is 105 Å². The number of nitrogens with one attached hydrogen (secondary N) is 1. The van der Waals surface area contributed by atoms with Gasteiger partial charge in [0.2, 0.25) is 5.91 Å². The lowest BCUT2D eigenvalue weighted by Crippen LogP contribution is -2.43. The number of aromatic nitrogens is 1. The summed E-state index contributed by atoms with van der Waals surface area (Å²) in [7, 11) is 0. The van der Waals surface area contributed by atoms with Gasteiger partial charge in [0.1, 0.15) is 15.7 Å². The molecule has 7 heteroatoms. The van der Waals surface area contributed by atoms with Gasteiger partial charge >= 0.3 is 5.97 Å². The van der Waals surface area contributed by atoms with Gasteiger partial charge in [-0.2, -0.15) is 0 Å². The Morgan fingerprint density at radius 1 is 1.07 bits per heavy atom. The number of fused-ring (bicyclic) bond motifs is 1. The van der Waals surface area contributed by atoms with E-state index in [1.165, 1.54) is 11.3 Å². The zero-order chi connectivity index (χ0) is 20.4. The van der Waals surface area contributed by atoms with Crippen molar-refractivity contribution in [1.82, 2.24) is 10.3 Å². The molecule has 148 valence electrons. The van der Waals surface area contributed by atoms with E-state index in [9.17, 15) is 14.7 Å². The van der Waals surface area contributed by atoms with Crippen LogP contribution in [-0.4, -0.2) is 22.0 Å². The molecule has 6 nitrogen and oxygen atoms in total. The van der Waals surface area contributed by atoms with Crippen LogP contribution in [0.1, 0.15) is 22.6 Å². The number of hydrogen-bond donors (Lipinski definition) is 3. The normalized spacial score (nSPS) is 14.3. The predicted octanol–water partition coefficient (Wildman–Crippen LogP) is 3.27. The third-order valence-corrected chi connectivity index (χ3v) is 6.18. The van der Waals surface area contributed by atoms with Gasteiger partial charge in [-0.3, -0.25) is 9.59 Å². The first-order chi connectivity index (χ1) is 14.0. The van der Waals surface area contributed by atoms with E-state index >= 15 is 0 Å². The molecule has 0 aliphatic heterocycles. The van der Waals surface area contributed by atoms with Crippen molar-refractivity contribution in [3.63, 3.8) is 0 Å². The van der Waals surface area contributed by atoms with Crippen molar-refractivity contribution < 1.29 is 14.7 Å². The molecule has 0 fully saturated rings. The fourth-order valence-electron chi connectivity index (χ4n) is 3.95. The quantitative estimate of drug-likeness (QED) is 0.582. The predicted molar refractivity (Wildman–Crippen MR) is 112 cm³/mol. The van der Waals surface area contributed by atoms with Crippen molar-refractivity contribution in [3.05, 3.63) is 70.7 Å². The monoisotopic (exact) mass is 407 g/mol. The van der Waals surface area contributed by atoms with Gasteiger partial charge in [0.15, 0.2) is 0 Å². The largest absolute Gasteiger partial charge is 0.481 e. The van der Waals surface area contributed by atoms with Crippen LogP contribution in [0.5, 0.6) is 0 Å². The SMILES string of the molecule is Nc1sc(CNC(=O)C2(CC(=O)O)Cc3ccccc3C2)nc1-c1ccccc1. The fraction of sp³-hybridized carbons (Fsp3) is 0.227. The molecule has 4 N–H and O–H groups in total. The van der Waals surface area contributed by atoms with Gasteiger partial charge < -0.3 is 16.2 Å². The van der Waals surface area contributed by atoms with Crippen LogP contribution in [0.4, 0.5) is 5.00 Å². The molecule has 1 aliphatic carbocycles. The number of rotatable bonds is 6. The van der Waals surface area contributed by atoms with Gasteiger partial charge in [-0.25, -0.2) is 4.98 Å². The van der Waals surface area contributed by atoms with Crippen molar-refractivity contribution in [1.29, 1.82) is 0 Å². The van der Waals surface area contributed by atoms with Gasteiger partial charge in [0.05, 0.1) is 18.4 Å². The Morgan fingerprint density at radius 3 is 2.31 bits per heavy atom. The maximum atomic E-state index is 13.1. The van der Waals surface area contributed by atoms with Gasteiger partial charge in [0, 0.05) is 5.56 Å². The Balaban J connectivity index is 1.50. The van der Waals surface area contributed by atoms with Gasteiger partial charge in [-0.15, -0.1) is 0 Å². The van der Waals surface area contributed by atoms with E-state index in [1.54, 1.807) is 0 Å². The number of hydrogen-bond acceptors (Lipinski definition) is 5. The molecule has 1 amide bonds. The second-order valence-electron chi connectivity index (χ2n) is 7.34. The standard InChI is InChI=1S/C22H21N3O3S/c23-20-19(14-6-2-1-3-7-14)25-17(29-20)13-24-21(28)22(12-18(26)27)10-15-8-4-5-9-16(15)11-22/h1-9H,10-13,23H2,(H,24,28)(H,26,27).